The maximum Gasteiger partial charge on any atom is 0.226 e. The van der Waals surface area contributed by atoms with Crippen molar-refractivity contribution in [2.75, 3.05) is 14.2 Å². The first-order valence-corrected chi connectivity index (χ1v) is 9.04. The Labute approximate surface area is 156 Å². The average molecular weight is 368 g/mol. The quantitative estimate of drug-likeness (QED) is 0.691. The highest BCUT2D eigenvalue weighted by molar-refractivity contribution is 7.13. The third-order valence-corrected chi connectivity index (χ3v) is 4.82. The molecule has 0 aliphatic carbocycles. The van der Waals surface area contributed by atoms with E-state index in [9.17, 15) is 4.79 Å². The number of nitrogens with zero attached hydrogens (tertiary/aromatic N) is 1. The maximum absolute atomic E-state index is 12.2. The summed E-state index contributed by atoms with van der Waals surface area (Å²) in [7, 11) is 3.27. The van der Waals surface area contributed by atoms with Gasteiger partial charge in [-0.1, -0.05) is 12.1 Å². The zero-order valence-electron chi connectivity index (χ0n) is 14.7. The molecule has 0 radical (unpaired) electrons. The van der Waals surface area contributed by atoms with Crippen LogP contribution >= 0.6 is 11.3 Å². The Balaban J connectivity index is 1.55. The summed E-state index contributed by atoms with van der Waals surface area (Å²) in [6.45, 7) is 0.484. The van der Waals surface area contributed by atoms with E-state index in [2.05, 4.69) is 10.3 Å². The van der Waals surface area contributed by atoms with Crippen LogP contribution in [0.5, 0.6) is 11.5 Å². The van der Waals surface area contributed by atoms with Crippen LogP contribution in [0.4, 0.5) is 0 Å². The summed E-state index contributed by atoms with van der Waals surface area (Å²) >= 11 is 1.53. The SMILES string of the molecule is COc1ccc(CNC(=O)Cc2csc(-c3ccc(OC)cc3)n2)cc1. The summed E-state index contributed by atoms with van der Waals surface area (Å²) in [4.78, 5) is 16.7. The van der Waals surface area contributed by atoms with Gasteiger partial charge < -0.3 is 14.8 Å². The fraction of sp³-hybridized carbons (Fsp3) is 0.200. The van der Waals surface area contributed by atoms with Crippen LogP contribution in [0.25, 0.3) is 10.6 Å². The van der Waals surface area contributed by atoms with Crippen molar-refractivity contribution in [2.24, 2.45) is 0 Å². The van der Waals surface area contributed by atoms with E-state index < -0.39 is 0 Å². The average Bonchev–Trinajstić information content (AvgIpc) is 3.15. The van der Waals surface area contributed by atoms with Crippen molar-refractivity contribution in [1.82, 2.24) is 10.3 Å². The van der Waals surface area contributed by atoms with Gasteiger partial charge in [0.15, 0.2) is 0 Å². The van der Waals surface area contributed by atoms with Crippen LogP contribution in [0.15, 0.2) is 53.9 Å². The second-order valence-corrected chi connectivity index (χ2v) is 6.53. The van der Waals surface area contributed by atoms with E-state index in [-0.39, 0.29) is 12.3 Å². The molecule has 0 bridgehead atoms. The molecule has 6 heteroatoms. The number of ether oxygens (including phenoxy) is 2. The van der Waals surface area contributed by atoms with Gasteiger partial charge in [0.1, 0.15) is 16.5 Å². The minimum atomic E-state index is -0.0487. The molecule has 2 aromatic carbocycles. The molecule has 1 amide bonds. The monoisotopic (exact) mass is 368 g/mol. The smallest absolute Gasteiger partial charge is 0.226 e. The van der Waals surface area contributed by atoms with Gasteiger partial charge in [0.05, 0.1) is 26.3 Å². The number of hydrogen-bond acceptors (Lipinski definition) is 5. The highest BCUT2D eigenvalue weighted by Crippen LogP contribution is 2.25. The van der Waals surface area contributed by atoms with Crippen molar-refractivity contribution in [2.45, 2.75) is 13.0 Å². The summed E-state index contributed by atoms with van der Waals surface area (Å²) in [5.74, 6) is 1.56. The number of thiazole rings is 1. The minimum Gasteiger partial charge on any atom is -0.497 e. The number of aromatic nitrogens is 1. The number of nitrogens with one attached hydrogen (secondary N) is 1. The normalized spacial score (nSPS) is 10.4. The lowest BCUT2D eigenvalue weighted by molar-refractivity contribution is -0.120. The highest BCUT2D eigenvalue weighted by atomic mass is 32.1. The van der Waals surface area contributed by atoms with Gasteiger partial charge in [-0.3, -0.25) is 4.79 Å². The van der Waals surface area contributed by atoms with E-state index in [1.165, 1.54) is 11.3 Å². The highest BCUT2D eigenvalue weighted by Gasteiger charge is 2.09. The van der Waals surface area contributed by atoms with Crippen molar-refractivity contribution in [3.05, 3.63) is 65.2 Å². The molecule has 5 nitrogen and oxygen atoms in total. The van der Waals surface area contributed by atoms with Gasteiger partial charge in [0.25, 0.3) is 0 Å². The number of methoxy groups -OCH3 is 2. The molecule has 0 spiro atoms. The molecule has 26 heavy (non-hydrogen) atoms. The molecular formula is C20H20N2O3S. The largest absolute Gasteiger partial charge is 0.497 e. The van der Waals surface area contributed by atoms with Gasteiger partial charge in [0.2, 0.25) is 5.91 Å². The maximum atomic E-state index is 12.2. The Hall–Kier alpha value is -2.86. The molecule has 0 fully saturated rings. The minimum absolute atomic E-state index is 0.0487. The van der Waals surface area contributed by atoms with Crippen LogP contribution in [-0.4, -0.2) is 25.1 Å². The molecular weight excluding hydrogens is 348 g/mol. The molecule has 3 rings (SSSR count). The lowest BCUT2D eigenvalue weighted by Gasteiger charge is -2.05. The Morgan fingerprint density at radius 3 is 2.23 bits per heavy atom. The van der Waals surface area contributed by atoms with Crippen molar-refractivity contribution in [3.63, 3.8) is 0 Å². The van der Waals surface area contributed by atoms with Crippen LogP contribution < -0.4 is 14.8 Å². The number of carbonyl (C=O) groups excluding carboxylic acids is 1. The first-order chi connectivity index (χ1) is 12.7. The zero-order chi connectivity index (χ0) is 18.4. The topological polar surface area (TPSA) is 60.5 Å². The lowest BCUT2D eigenvalue weighted by Crippen LogP contribution is -2.24. The van der Waals surface area contributed by atoms with Crippen molar-refractivity contribution in [1.29, 1.82) is 0 Å². The molecule has 1 heterocycles. The van der Waals surface area contributed by atoms with Crippen LogP contribution in [0.1, 0.15) is 11.3 Å². The summed E-state index contributed by atoms with van der Waals surface area (Å²) in [5.41, 5.74) is 2.81. The number of benzene rings is 2. The number of rotatable bonds is 7. The first kappa shape index (κ1) is 17.9. The molecule has 1 N–H and O–H groups in total. The lowest BCUT2D eigenvalue weighted by atomic mass is 10.2. The Bertz CT molecular complexity index is 858. The molecule has 3 aromatic rings. The third kappa shape index (κ3) is 4.61. The van der Waals surface area contributed by atoms with Crippen molar-refractivity contribution in [3.8, 4) is 22.1 Å². The molecule has 0 saturated heterocycles. The molecule has 0 saturated carbocycles. The predicted octanol–water partition coefficient (Wildman–Crippen LogP) is 3.69. The molecule has 0 atom stereocenters. The Kier molecular flexibility index (Phi) is 5.86. The van der Waals surface area contributed by atoms with Gasteiger partial charge in [-0.15, -0.1) is 11.3 Å². The predicted molar refractivity (Wildman–Crippen MR) is 103 cm³/mol. The summed E-state index contributed by atoms with van der Waals surface area (Å²) in [6.07, 6.45) is 0.267. The molecule has 0 aliphatic rings. The van der Waals surface area contributed by atoms with Crippen molar-refractivity contribution < 1.29 is 14.3 Å². The van der Waals surface area contributed by atoms with Crippen LogP contribution in [-0.2, 0) is 17.8 Å². The molecule has 0 unspecified atom stereocenters. The second-order valence-electron chi connectivity index (χ2n) is 5.67. The van der Waals surface area contributed by atoms with E-state index in [0.717, 1.165) is 33.3 Å². The summed E-state index contributed by atoms with van der Waals surface area (Å²) < 4.78 is 10.3. The Morgan fingerprint density at radius 2 is 1.62 bits per heavy atom. The fourth-order valence-corrected chi connectivity index (χ4v) is 3.25. The van der Waals surface area contributed by atoms with Crippen LogP contribution in [0.3, 0.4) is 0 Å². The van der Waals surface area contributed by atoms with E-state index in [1.807, 2.05) is 53.9 Å². The summed E-state index contributed by atoms with van der Waals surface area (Å²) in [6, 6.07) is 15.4. The van der Waals surface area contributed by atoms with Crippen LogP contribution in [0.2, 0.25) is 0 Å². The number of amides is 1. The van der Waals surface area contributed by atoms with Gasteiger partial charge in [-0.05, 0) is 42.0 Å². The standard InChI is InChI=1S/C20H20N2O3S/c1-24-17-7-3-14(4-8-17)12-21-19(23)11-16-13-26-20(22-16)15-5-9-18(25-2)10-6-15/h3-10,13H,11-12H2,1-2H3,(H,21,23). The second kappa shape index (κ2) is 8.49. The van der Waals surface area contributed by atoms with Gasteiger partial charge in [-0.25, -0.2) is 4.98 Å². The molecule has 0 aliphatic heterocycles. The van der Waals surface area contributed by atoms with Crippen LogP contribution in [0, 0.1) is 0 Å². The van der Waals surface area contributed by atoms with E-state index in [4.69, 9.17) is 9.47 Å². The van der Waals surface area contributed by atoms with E-state index in [1.54, 1.807) is 14.2 Å². The summed E-state index contributed by atoms with van der Waals surface area (Å²) in [5, 5.41) is 5.73. The van der Waals surface area contributed by atoms with Gasteiger partial charge in [-0.2, -0.15) is 0 Å². The molecule has 134 valence electrons. The van der Waals surface area contributed by atoms with Gasteiger partial charge >= 0.3 is 0 Å². The van der Waals surface area contributed by atoms with Crippen molar-refractivity contribution >= 4 is 17.2 Å². The Morgan fingerprint density at radius 1 is 1.00 bits per heavy atom. The first-order valence-electron chi connectivity index (χ1n) is 8.16. The third-order valence-electron chi connectivity index (χ3n) is 3.88. The van der Waals surface area contributed by atoms with E-state index in [0.29, 0.717) is 6.54 Å². The van der Waals surface area contributed by atoms with Gasteiger partial charge in [0, 0.05) is 17.5 Å². The number of hydrogen-bond donors (Lipinski definition) is 1. The number of carbonyl (C=O) groups is 1. The fourth-order valence-electron chi connectivity index (χ4n) is 2.43. The van der Waals surface area contributed by atoms with E-state index >= 15 is 0 Å². The zero-order valence-corrected chi connectivity index (χ0v) is 15.5. The molecule has 1 aromatic heterocycles.